The molecule has 1 heterocycles. The van der Waals surface area contributed by atoms with Gasteiger partial charge < -0.3 is 5.32 Å². The van der Waals surface area contributed by atoms with E-state index in [4.69, 9.17) is 0 Å². The number of hydrogen-bond donors (Lipinski definition) is 1. The molecule has 64 valence electrons. The second kappa shape index (κ2) is 3.28. The molecule has 2 rings (SSSR count). The van der Waals surface area contributed by atoms with Gasteiger partial charge in [0.05, 0.1) is 0 Å². The number of rotatable bonds is 1. The van der Waals surface area contributed by atoms with Crippen LogP contribution in [0, 0.1) is 6.92 Å². The van der Waals surface area contributed by atoms with E-state index in [0.717, 1.165) is 12.5 Å². The van der Waals surface area contributed by atoms with Crippen LogP contribution in [0.3, 0.4) is 0 Å². The Kier molecular flexibility index (Phi) is 2.13. The van der Waals surface area contributed by atoms with Crippen molar-refractivity contribution in [3.63, 3.8) is 0 Å². The minimum Gasteiger partial charge on any atom is -0.316 e. The van der Waals surface area contributed by atoms with Gasteiger partial charge in [-0.15, -0.1) is 0 Å². The largest absolute Gasteiger partial charge is 0.316 e. The SMILES string of the molecule is Cc1ccccc1[C@@H]1CCNC1. The molecule has 1 saturated heterocycles. The van der Waals surface area contributed by atoms with E-state index in [2.05, 4.69) is 36.5 Å². The summed E-state index contributed by atoms with van der Waals surface area (Å²) < 4.78 is 0. The van der Waals surface area contributed by atoms with Crippen molar-refractivity contribution in [2.24, 2.45) is 0 Å². The minimum absolute atomic E-state index is 0.756. The first-order valence-corrected chi connectivity index (χ1v) is 4.64. The summed E-state index contributed by atoms with van der Waals surface area (Å²) in [5.74, 6) is 0.756. The van der Waals surface area contributed by atoms with E-state index in [1.807, 2.05) is 0 Å². The van der Waals surface area contributed by atoms with Crippen LogP contribution in [-0.4, -0.2) is 13.1 Å². The first-order chi connectivity index (χ1) is 5.88. The van der Waals surface area contributed by atoms with Gasteiger partial charge in [-0.3, -0.25) is 0 Å². The van der Waals surface area contributed by atoms with E-state index >= 15 is 0 Å². The molecule has 0 aliphatic carbocycles. The standard InChI is InChI=1S/C11H15N/c1-9-4-2-3-5-11(9)10-6-7-12-8-10/h2-5,10,12H,6-8H2,1H3/t10-/m1/s1. The van der Waals surface area contributed by atoms with Gasteiger partial charge >= 0.3 is 0 Å². The molecule has 1 N–H and O–H groups in total. The zero-order chi connectivity index (χ0) is 8.39. The molecule has 12 heavy (non-hydrogen) atoms. The first kappa shape index (κ1) is 7.81. The predicted molar refractivity (Wildman–Crippen MR) is 51.4 cm³/mol. The molecule has 0 amide bonds. The Labute approximate surface area is 73.8 Å². The summed E-state index contributed by atoms with van der Waals surface area (Å²) in [6.07, 6.45) is 1.30. The maximum Gasteiger partial charge on any atom is 0.00207 e. The summed E-state index contributed by atoms with van der Waals surface area (Å²) in [6.45, 7) is 4.54. The minimum atomic E-state index is 0.756. The molecule has 0 unspecified atom stereocenters. The van der Waals surface area contributed by atoms with Crippen molar-refractivity contribution < 1.29 is 0 Å². The Balaban J connectivity index is 2.26. The second-order valence-electron chi connectivity index (χ2n) is 3.55. The van der Waals surface area contributed by atoms with Crippen molar-refractivity contribution in [2.45, 2.75) is 19.3 Å². The highest BCUT2D eigenvalue weighted by atomic mass is 14.9. The molecule has 0 aromatic heterocycles. The van der Waals surface area contributed by atoms with Gasteiger partial charge in [-0.1, -0.05) is 24.3 Å². The molecule has 1 aliphatic heterocycles. The van der Waals surface area contributed by atoms with E-state index in [9.17, 15) is 0 Å². The summed E-state index contributed by atoms with van der Waals surface area (Å²) in [6, 6.07) is 8.71. The number of nitrogens with one attached hydrogen (secondary N) is 1. The summed E-state index contributed by atoms with van der Waals surface area (Å²) >= 11 is 0. The smallest absolute Gasteiger partial charge is 0.00207 e. The monoisotopic (exact) mass is 161 g/mol. The van der Waals surface area contributed by atoms with Gasteiger partial charge in [-0.05, 0) is 36.9 Å². The number of hydrogen-bond acceptors (Lipinski definition) is 1. The molecular weight excluding hydrogens is 146 g/mol. The van der Waals surface area contributed by atoms with E-state index in [-0.39, 0.29) is 0 Å². The normalized spacial score (nSPS) is 22.9. The summed E-state index contributed by atoms with van der Waals surface area (Å²) in [7, 11) is 0. The van der Waals surface area contributed by atoms with Crippen LogP contribution in [0.2, 0.25) is 0 Å². The summed E-state index contributed by atoms with van der Waals surface area (Å²) in [5.41, 5.74) is 2.97. The van der Waals surface area contributed by atoms with Crippen LogP contribution in [0.1, 0.15) is 23.5 Å². The highest BCUT2D eigenvalue weighted by Gasteiger charge is 2.17. The topological polar surface area (TPSA) is 12.0 Å². The van der Waals surface area contributed by atoms with Crippen molar-refractivity contribution in [2.75, 3.05) is 13.1 Å². The Hall–Kier alpha value is -0.820. The van der Waals surface area contributed by atoms with Crippen molar-refractivity contribution in [1.29, 1.82) is 0 Å². The highest BCUT2D eigenvalue weighted by Crippen LogP contribution is 2.24. The third kappa shape index (κ3) is 1.37. The lowest BCUT2D eigenvalue weighted by molar-refractivity contribution is 0.757. The van der Waals surface area contributed by atoms with Crippen LogP contribution < -0.4 is 5.32 Å². The molecule has 1 heteroatoms. The molecular formula is C11H15N. The highest BCUT2D eigenvalue weighted by molar-refractivity contribution is 5.30. The van der Waals surface area contributed by atoms with Crippen LogP contribution in [0.5, 0.6) is 0 Å². The fourth-order valence-corrected chi connectivity index (χ4v) is 1.96. The van der Waals surface area contributed by atoms with Crippen LogP contribution in [0.25, 0.3) is 0 Å². The lowest BCUT2D eigenvalue weighted by atomic mass is 9.94. The fraction of sp³-hybridized carbons (Fsp3) is 0.455. The van der Waals surface area contributed by atoms with Crippen LogP contribution in [0.4, 0.5) is 0 Å². The quantitative estimate of drug-likeness (QED) is 0.665. The first-order valence-electron chi connectivity index (χ1n) is 4.64. The van der Waals surface area contributed by atoms with Gasteiger partial charge in [0.15, 0.2) is 0 Å². The molecule has 1 nitrogen and oxygen atoms in total. The summed E-state index contributed by atoms with van der Waals surface area (Å²) in [5, 5.41) is 3.40. The van der Waals surface area contributed by atoms with Crippen molar-refractivity contribution in [3.8, 4) is 0 Å². The Bertz CT molecular complexity index is 261. The zero-order valence-corrected chi connectivity index (χ0v) is 7.51. The Morgan fingerprint density at radius 3 is 2.83 bits per heavy atom. The van der Waals surface area contributed by atoms with E-state index in [0.29, 0.717) is 0 Å². The number of benzene rings is 1. The van der Waals surface area contributed by atoms with Crippen LogP contribution in [0.15, 0.2) is 24.3 Å². The maximum absolute atomic E-state index is 3.40. The van der Waals surface area contributed by atoms with Gasteiger partial charge in [0.25, 0.3) is 0 Å². The molecule has 1 aromatic carbocycles. The Morgan fingerprint density at radius 1 is 1.33 bits per heavy atom. The molecule has 1 aliphatic rings. The molecule has 0 radical (unpaired) electrons. The third-order valence-electron chi connectivity index (χ3n) is 2.69. The average molecular weight is 161 g/mol. The number of aryl methyl sites for hydroxylation is 1. The third-order valence-corrected chi connectivity index (χ3v) is 2.69. The lowest BCUT2D eigenvalue weighted by Gasteiger charge is -2.11. The van der Waals surface area contributed by atoms with Gasteiger partial charge in [0.1, 0.15) is 0 Å². The van der Waals surface area contributed by atoms with Crippen LogP contribution in [-0.2, 0) is 0 Å². The molecule has 0 saturated carbocycles. The lowest BCUT2D eigenvalue weighted by Crippen LogP contribution is -2.08. The fourth-order valence-electron chi connectivity index (χ4n) is 1.96. The molecule has 0 spiro atoms. The van der Waals surface area contributed by atoms with E-state index in [1.54, 1.807) is 0 Å². The predicted octanol–water partition coefficient (Wildman–Crippen LogP) is 2.07. The molecule has 1 fully saturated rings. The van der Waals surface area contributed by atoms with Gasteiger partial charge in [0.2, 0.25) is 0 Å². The van der Waals surface area contributed by atoms with Crippen molar-refractivity contribution >= 4 is 0 Å². The second-order valence-corrected chi connectivity index (χ2v) is 3.55. The summed E-state index contributed by atoms with van der Waals surface area (Å²) in [4.78, 5) is 0. The molecule has 0 bridgehead atoms. The zero-order valence-electron chi connectivity index (χ0n) is 7.51. The van der Waals surface area contributed by atoms with Crippen molar-refractivity contribution in [3.05, 3.63) is 35.4 Å². The van der Waals surface area contributed by atoms with E-state index < -0.39 is 0 Å². The van der Waals surface area contributed by atoms with Gasteiger partial charge in [-0.2, -0.15) is 0 Å². The molecule has 1 atom stereocenters. The molecule has 1 aromatic rings. The average Bonchev–Trinajstić information content (AvgIpc) is 2.57. The van der Waals surface area contributed by atoms with E-state index in [1.165, 1.54) is 24.1 Å². The van der Waals surface area contributed by atoms with Crippen molar-refractivity contribution in [1.82, 2.24) is 5.32 Å². The van der Waals surface area contributed by atoms with Gasteiger partial charge in [-0.25, -0.2) is 0 Å². The maximum atomic E-state index is 3.40. The van der Waals surface area contributed by atoms with Crippen LogP contribution >= 0.6 is 0 Å². The van der Waals surface area contributed by atoms with Gasteiger partial charge in [0, 0.05) is 6.54 Å². The Morgan fingerprint density at radius 2 is 2.17 bits per heavy atom.